The van der Waals surface area contributed by atoms with Gasteiger partial charge in [0.25, 0.3) is 0 Å². The lowest BCUT2D eigenvalue weighted by atomic mass is 9.97. The zero-order valence-electron chi connectivity index (χ0n) is 15.2. The Balaban J connectivity index is 1.31. The summed E-state index contributed by atoms with van der Waals surface area (Å²) in [6, 6.07) is 9.17. The molecule has 1 aromatic rings. The highest BCUT2D eigenvalue weighted by atomic mass is 16.5. The zero-order chi connectivity index (χ0) is 16.4. The first-order valence-corrected chi connectivity index (χ1v) is 9.96. The third-order valence-electron chi connectivity index (χ3n) is 6.26. The topological polar surface area (TPSA) is 15.7 Å². The SMILES string of the molecule is CCc1ccc(CCN2CCOC23CCN(CC2CC2)CC3)cc1. The fourth-order valence-electron chi connectivity index (χ4n) is 4.37. The fourth-order valence-corrected chi connectivity index (χ4v) is 4.37. The van der Waals surface area contributed by atoms with Crippen LogP contribution in [0.2, 0.25) is 0 Å². The van der Waals surface area contributed by atoms with E-state index in [2.05, 4.69) is 41.0 Å². The van der Waals surface area contributed by atoms with E-state index in [-0.39, 0.29) is 5.72 Å². The van der Waals surface area contributed by atoms with Crippen LogP contribution < -0.4 is 0 Å². The third kappa shape index (κ3) is 3.68. The van der Waals surface area contributed by atoms with Crippen molar-refractivity contribution >= 4 is 0 Å². The van der Waals surface area contributed by atoms with Gasteiger partial charge in [0.15, 0.2) is 0 Å². The number of benzene rings is 1. The van der Waals surface area contributed by atoms with Crippen molar-refractivity contribution in [3.63, 3.8) is 0 Å². The van der Waals surface area contributed by atoms with Crippen molar-refractivity contribution in [3.05, 3.63) is 35.4 Å². The Kier molecular flexibility index (Phi) is 4.93. The molecule has 1 spiro atoms. The van der Waals surface area contributed by atoms with Gasteiger partial charge in [-0.05, 0) is 42.7 Å². The predicted molar refractivity (Wildman–Crippen MR) is 98.2 cm³/mol. The molecule has 0 radical (unpaired) electrons. The van der Waals surface area contributed by atoms with Crippen molar-refractivity contribution in [1.82, 2.24) is 9.80 Å². The van der Waals surface area contributed by atoms with E-state index in [4.69, 9.17) is 4.74 Å². The fraction of sp³-hybridized carbons (Fsp3) is 0.714. The molecular weight excluding hydrogens is 296 g/mol. The molecule has 0 atom stereocenters. The lowest BCUT2D eigenvalue weighted by Gasteiger charge is -2.43. The van der Waals surface area contributed by atoms with Crippen molar-refractivity contribution in [1.29, 1.82) is 0 Å². The first kappa shape index (κ1) is 16.6. The number of rotatable bonds is 6. The minimum absolute atomic E-state index is 0.0450. The van der Waals surface area contributed by atoms with Crippen LogP contribution in [0.5, 0.6) is 0 Å². The second-order valence-electron chi connectivity index (χ2n) is 7.95. The molecule has 0 N–H and O–H groups in total. The Bertz CT molecular complexity index is 529. The van der Waals surface area contributed by atoms with Crippen LogP contribution in [-0.4, -0.2) is 54.9 Å². The smallest absolute Gasteiger partial charge is 0.124 e. The van der Waals surface area contributed by atoms with Crippen molar-refractivity contribution in [2.45, 2.75) is 51.2 Å². The van der Waals surface area contributed by atoms with Crippen LogP contribution in [-0.2, 0) is 17.6 Å². The molecular formula is C21H32N2O. The van der Waals surface area contributed by atoms with Gasteiger partial charge in [0.1, 0.15) is 5.72 Å². The van der Waals surface area contributed by atoms with E-state index in [9.17, 15) is 0 Å². The maximum Gasteiger partial charge on any atom is 0.124 e. The lowest BCUT2D eigenvalue weighted by Crippen LogP contribution is -2.53. The molecule has 3 heteroatoms. The summed E-state index contributed by atoms with van der Waals surface area (Å²) in [6.45, 7) is 9.15. The number of nitrogens with zero attached hydrogens (tertiary/aromatic N) is 2. The summed E-state index contributed by atoms with van der Waals surface area (Å²) in [5.74, 6) is 1.01. The average molecular weight is 329 g/mol. The van der Waals surface area contributed by atoms with E-state index in [0.29, 0.717) is 0 Å². The Hall–Kier alpha value is -0.900. The van der Waals surface area contributed by atoms with Gasteiger partial charge in [0.05, 0.1) is 6.61 Å². The molecule has 3 fully saturated rings. The molecule has 3 nitrogen and oxygen atoms in total. The highest BCUT2D eigenvalue weighted by Gasteiger charge is 2.44. The van der Waals surface area contributed by atoms with Gasteiger partial charge in [-0.1, -0.05) is 31.2 Å². The summed E-state index contributed by atoms with van der Waals surface area (Å²) in [7, 11) is 0. The zero-order valence-corrected chi connectivity index (χ0v) is 15.2. The summed E-state index contributed by atoms with van der Waals surface area (Å²) < 4.78 is 6.29. The second-order valence-corrected chi connectivity index (χ2v) is 7.95. The van der Waals surface area contributed by atoms with Gasteiger partial charge < -0.3 is 9.64 Å². The van der Waals surface area contributed by atoms with E-state index in [1.165, 1.54) is 56.4 Å². The molecule has 2 heterocycles. The van der Waals surface area contributed by atoms with Crippen molar-refractivity contribution in [2.75, 3.05) is 39.3 Å². The van der Waals surface area contributed by atoms with Crippen LogP contribution >= 0.6 is 0 Å². The van der Waals surface area contributed by atoms with Gasteiger partial charge in [-0.15, -0.1) is 0 Å². The molecule has 1 aromatic carbocycles. The van der Waals surface area contributed by atoms with E-state index >= 15 is 0 Å². The molecule has 0 unspecified atom stereocenters. The predicted octanol–water partition coefficient (Wildman–Crippen LogP) is 3.33. The number of ether oxygens (including phenoxy) is 1. The van der Waals surface area contributed by atoms with Gasteiger partial charge in [0.2, 0.25) is 0 Å². The number of hydrogen-bond donors (Lipinski definition) is 0. The van der Waals surface area contributed by atoms with Crippen LogP contribution in [0.3, 0.4) is 0 Å². The number of piperidine rings is 1. The summed E-state index contributed by atoms with van der Waals surface area (Å²) in [5, 5.41) is 0. The van der Waals surface area contributed by atoms with Crippen molar-refractivity contribution in [3.8, 4) is 0 Å². The minimum Gasteiger partial charge on any atom is -0.359 e. The van der Waals surface area contributed by atoms with Crippen molar-refractivity contribution < 1.29 is 4.74 Å². The first-order valence-electron chi connectivity index (χ1n) is 9.96. The van der Waals surface area contributed by atoms with E-state index < -0.39 is 0 Å². The standard InChI is InChI=1S/C21H32N2O/c1-2-18-3-5-19(6-4-18)9-12-23-15-16-24-21(23)10-13-22(14-11-21)17-20-7-8-20/h3-6,20H,2,7-17H2,1H3. The molecule has 2 saturated heterocycles. The summed E-state index contributed by atoms with van der Waals surface area (Å²) in [6.07, 6.45) is 7.56. The van der Waals surface area contributed by atoms with Crippen LogP contribution in [0.4, 0.5) is 0 Å². The first-order chi connectivity index (χ1) is 11.8. The largest absolute Gasteiger partial charge is 0.359 e. The molecule has 1 saturated carbocycles. The molecule has 0 aromatic heterocycles. The van der Waals surface area contributed by atoms with E-state index in [1.807, 2.05) is 0 Å². The molecule has 24 heavy (non-hydrogen) atoms. The van der Waals surface area contributed by atoms with Gasteiger partial charge in [-0.25, -0.2) is 0 Å². The van der Waals surface area contributed by atoms with E-state index in [1.54, 1.807) is 0 Å². The Morgan fingerprint density at radius 2 is 1.75 bits per heavy atom. The molecule has 4 rings (SSSR count). The van der Waals surface area contributed by atoms with Gasteiger partial charge in [-0.3, -0.25) is 4.90 Å². The number of aryl methyl sites for hydroxylation is 1. The highest BCUT2D eigenvalue weighted by Crippen LogP contribution is 2.36. The Labute approximate surface area is 147 Å². The van der Waals surface area contributed by atoms with Crippen molar-refractivity contribution in [2.24, 2.45) is 5.92 Å². The van der Waals surface area contributed by atoms with Crippen LogP contribution in [0.1, 0.15) is 43.7 Å². The van der Waals surface area contributed by atoms with E-state index in [0.717, 1.165) is 38.5 Å². The third-order valence-corrected chi connectivity index (χ3v) is 6.26. The maximum atomic E-state index is 6.29. The van der Waals surface area contributed by atoms with Crippen LogP contribution in [0.15, 0.2) is 24.3 Å². The monoisotopic (exact) mass is 328 g/mol. The van der Waals surface area contributed by atoms with Crippen LogP contribution in [0, 0.1) is 5.92 Å². The average Bonchev–Trinajstić information content (AvgIpc) is 3.36. The lowest BCUT2D eigenvalue weighted by molar-refractivity contribution is -0.119. The van der Waals surface area contributed by atoms with Gasteiger partial charge in [-0.2, -0.15) is 0 Å². The number of likely N-dealkylation sites (tertiary alicyclic amines) is 1. The maximum absolute atomic E-state index is 6.29. The van der Waals surface area contributed by atoms with Gasteiger partial charge in [0, 0.05) is 45.6 Å². The molecule has 2 aliphatic heterocycles. The Morgan fingerprint density at radius 3 is 2.42 bits per heavy atom. The quantitative estimate of drug-likeness (QED) is 0.797. The number of hydrogen-bond acceptors (Lipinski definition) is 3. The normalized spacial score (nSPS) is 24.7. The second kappa shape index (κ2) is 7.15. The van der Waals surface area contributed by atoms with Gasteiger partial charge >= 0.3 is 0 Å². The Morgan fingerprint density at radius 1 is 1.04 bits per heavy atom. The summed E-state index contributed by atoms with van der Waals surface area (Å²) in [5.41, 5.74) is 2.94. The molecule has 3 aliphatic rings. The summed E-state index contributed by atoms with van der Waals surface area (Å²) >= 11 is 0. The molecule has 0 bridgehead atoms. The molecule has 0 amide bonds. The highest BCUT2D eigenvalue weighted by molar-refractivity contribution is 5.22. The van der Waals surface area contributed by atoms with Crippen LogP contribution in [0.25, 0.3) is 0 Å². The minimum atomic E-state index is 0.0450. The molecule has 1 aliphatic carbocycles. The summed E-state index contributed by atoms with van der Waals surface area (Å²) in [4.78, 5) is 5.31. The molecule has 132 valence electrons.